The number of carbonyl (C=O) groups is 1. The molecular formula is C14H21N3O. The van der Waals surface area contributed by atoms with Crippen molar-refractivity contribution < 1.29 is 4.79 Å². The molecule has 0 aliphatic carbocycles. The van der Waals surface area contributed by atoms with Crippen LogP contribution in [0, 0.1) is 12.8 Å². The Kier molecular flexibility index (Phi) is 3.84. The van der Waals surface area contributed by atoms with Gasteiger partial charge in [0.2, 0.25) is 5.91 Å². The zero-order chi connectivity index (χ0) is 13.1. The predicted molar refractivity (Wildman–Crippen MR) is 72.6 cm³/mol. The lowest BCUT2D eigenvalue weighted by atomic mass is 10.1. The Hall–Kier alpha value is -1.58. The minimum absolute atomic E-state index is 0.0917. The molecule has 1 amide bonds. The van der Waals surface area contributed by atoms with Gasteiger partial charge in [0.15, 0.2) is 0 Å². The first-order valence-corrected chi connectivity index (χ1v) is 6.54. The van der Waals surface area contributed by atoms with Crippen LogP contribution in [0.3, 0.4) is 0 Å². The summed E-state index contributed by atoms with van der Waals surface area (Å²) in [5, 5.41) is 0. The van der Waals surface area contributed by atoms with E-state index in [2.05, 4.69) is 22.0 Å². The highest BCUT2D eigenvalue weighted by molar-refractivity contribution is 5.78. The molecule has 0 unspecified atom stereocenters. The first-order chi connectivity index (χ1) is 8.58. The number of aryl methyl sites for hydroxylation is 1. The molecule has 98 valence electrons. The molecule has 0 radical (unpaired) electrons. The molecule has 1 aliphatic heterocycles. The van der Waals surface area contributed by atoms with E-state index in [1.807, 2.05) is 31.9 Å². The Morgan fingerprint density at radius 1 is 1.22 bits per heavy atom. The molecule has 0 N–H and O–H groups in total. The van der Waals surface area contributed by atoms with Gasteiger partial charge in [-0.05, 0) is 18.6 Å². The largest absolute Gasteiger partial charge is 0.353 e. The summed E-state index contributed by atoms with van der Waals surface area (Å²) in [6, 6.07) is 4.13. The van der Waals surface area contributed by atoms with Gasteiger partial charge in [-0.25, -0.2) is 4.98 Å². The number of hydrogen-bond acceptors (Lipinski definition) is 3. The van der Waals surface area contributed by atoms with Crippen molar-refractivity contribution in [3.05, 3.63) is 23.9 Å². The van der Waals surface area contributed by atoms with E-state index >= 15 is 0 Å². The van der Waals surface area contributed by atoms with Gasteiger partial charge >= 0.3 is 0 Å². The fraction of sp³-hybridized carbons (Fsp3) is 0.571. The van der Waals surface area contributed by atoms with E-state index in [0.29, 0.717) is 0 Å². The fourth-order valence-corrected chi connectivity index (χ4v) is 2.17. The Morgan fingerprint density at radius 3 is 2.39 bits per heavy atom. The van der Waals surface area contributed by atoms with Crippen LogP contribution in [0.15, 0.2) is 18.3 Å². The number of piperazine rings is 1. The summed E-state index contributed by atoms with van der Waals surface area (Å²) in [4.78, 5) is 20.5. The zero-order valence-corrected chi connectivity index (χ0v) is 11.4. The third-order valence-corrected chi connectivity index (χ3v) is 3.30. The molecule has 2 heterocycles. The highest BCUT2D eigenvalue weighted by Gasteiger charge is 2.23. The van der Waals surface area contributed by atoms with Crippen LogP contribution in [0.1, 0.15) is 19.4 Å². The molecular weight excluding hydrogens is 226 g/mol. The number of aromatic nitrogens is 1. The third kappa shape index (κ3) is 2.81. The Bertz CT molecular complexity index is 406. The van der Waals surface area contributed by atoms with E-state index in [-0.39, 0.29) is 11.8 Å². The molecule has 4 nitrogen and oxygen atoms in total. The molecule has 18 heavy (non-hydrogen) atoms. The van der Waals surface area contributed by atoms with Crippen molar-refractivity contribution in [1.82, 2.24) is 9.88 Å². The molecule has 1 aromatic heterocycles. The minimum Gasteiger partial charge on any atom is -0.353 e. The normalized spacial score (nSPS) is 16.2. The summed E-state index contributed by atoms with van der Waals surface area (Å²) < 4.78 is 0. The van der Waals surface area contributed by atoms with Crippen molar-refractivity contribution in [1.29, 1.82) is 0 Å². The van der Waals surface area contributed by atoms with E-state index in [4.69, 9.17) is 0 Å². The molecule has 0 aromatic carbocycles. The topological polar surface area (TPSA) is 36.4 Å². The monoisotopic (exact) mass is 247 g/mol. The van der Waals surface area contributed by atoms with Crippen LogP contribution in [0.5, 0.6) is 0 Å². The van der Waals surface area contributed by atoms with Crippen molar-refractivity contribution in [3.8, 4) is 0 Å². The lowest BCUT2D eigenvalue weighted by molar-refractivity contribution is -0.134. The quantitative estimate of drug-likeness (QED) is 0.798. The summed E-state index contributed by atoms with van der Waals surface area (Å²) >= 11 is 0. The third-order valence-electron chi connectivity index (χ3n) is 3.30. The van der Waals surface area contributed by atoms with Gasteiger partial charge in [0, 0.05) is 38.3 Å². The number of amides is 1. The van der Waals surface area contributed by atoms with E-state index < -0.39 is 0 Å². The van der Waals surface area contributed by atoms with Gasteiger partial charge in [-0.2, -0.15) is 0 Å². The van der Waals surface area contributed by atoms with Crippen molar-refractivity contribution >= 4 is 11.7 Å². The number of rotatable bonds is 2. The van der Waals surface area contributed by atoms with Gasteiger partial charge in [0.25, 0.3) is 0 Å². The molecule has 1 fully saturated rings. The van der Waals surface area contributed by atoms with Crippen molar-refractivity contribution in [2.24, 2.45) is 5.92 Å². The van der Waals surface area contributed by atoms with E-state index in [9.17, 15) is 4.79 Å². The maximum absolute atomic E-state index is 11.9. The van der Waals surface area contributed by atoms with Gasteiger partial charge in [-0.1, -0.05) is 19.9 Å². The van der Waals surface area contributed by atoms with Crippen molar-refractivity contribution in [2.45, 2.75) is 20.8 Å². The first-order valence-electron chi connectivity index (χ1n) is 6.54. The molecule has 4 heteroatoms. The van der Waals surface area contributed by atoms with Crippen LogP contribution < -0.4 is 4.90 Å². The average molecular weight is 247 g/mol. The van der Waals surface area contributed by atoms with E-state index in [1.54, 1.807) is 0 Å². The summed E-state index contributed by atoms with van der Waals surface area (Å²) in [5.74, 6) is 1.36. The number of hydrogen-bond donors (Lipinski definition) is 0. The summed E-state index contributed by atoms with van der Waals surface area (Å²) in [6.07, 6.45) is 1.89. The zero-order valence-electron chi connectivity index (χ0n) is 11.4. The molecule has 0 bridgehead atoms. The van der Waals surface area contributed by atoms with Crippen LogP contribution in [0.2, 0.25) is 0 Å². The fourth-order valence-electron chi connectivity index (χ4n) is 2.17. The van der Waals surface area contributed by atoms with Crippen molar-refractivity contribution in [2.75, 3.05) is 31.1 Å². The van der Waals surface area contributed by atoms with Gasteiger partial charge in [0.05, 0.1) is 0 Å². The Morgan fingerprint density at radius 2 is 1.89 bits per heavy atom. The predicted octanol–water partition coefficient (Wildman–Crippen LogP) is 1.69. The molecule has 1 aromatic rings. The summed E-state index contributed by atoms with van der Waals surface area (Å²) in [6.45, 7) is 9.28. The maximum Gasteiger partial charge on any atom is 0.225 e. The molecule has 1 saturated heterocycles. The van der Waals surface area contributed by atoms with Gasteiger partial charge in [-0.3, -0.25) is 4.79 Å². The Labute approximate surface area is 109 Å². The second kappa shape index (κ2) is 5.38. The minimum atomic E-state index is 0.0917. The number of nitrogens with zero attached hydrogens (tertiary/aromatic N) is 3. The standard InChI is InChI=1S/C14H21N3O/c1-11(2)14(18)17-8-6-16(7-9-17)13-5-4-12(3)10-15-13/h4-5,10-11H,6-9H2,1-3H3. The van der Waals surface area contributed by atoms with Crippen LogP contribution in [-0.4, -0.2) is 42.0 Å². The maximum atomic E-state index is 11.9. The van der Waals surface area contributed by atoms with Gasteiger partial charge in [0.1, 0.15) is 5.82 Å². The second-order valence-corrected chi connectivity index (χ2v) is 5.16. The number of pyridine rings is 1. The molecule has 0 saturated carbocycles. The smallest absolute Gasteiger partial charge is 0.225 e. The lowest BCUT2D eigenvalue weighted by Gasteiger charge is -2.36. The number of carbonyl (C=O) groups excluding carboxylic acids is 1. The van der Waals surface area contributed by atoms with Crippen LogP contribution in [-0.2, 0) is 4.79 Å². The summed E-state index contributed by atoms with van der Waals surface area (Å²) in [5.41, 5.74) is 1.17. The lowest BCUT2D eigenvalue weighted by Crippen LogP contribution is -2.50. The second-order valence-electron chi connectivity index (χ2n) is 5.16. The number of anilines is 1. The SMILES string of the molecule is Cc1ccc(N2CCN(C(=O)C(C)C)CC2)nc1. The average Bonchev–Trinajstić information content (AvgIpc) is 2.39. The van der Waals surface area contributed by atoms with Crippen molar-refractivity contribution in [3.63, 3.8) is 0 Å². The first kappa shape index (κ1) is 12.9. The Balaban J connectivity index is 1.94. The van der Waals surface area contributed by atoms with Crippen LogP contribution >= 0.6 is 0 Å². The van der Waals surface area contributed by atoms with E-state index in [0.717, 1.165) is 32.0 Å². The van der Waals surface area contributed by atoms with Crippen LogP contribution in [0.25, 0.3) is 0 Å². The molecule has 0 atom stereocenters. The molecule has 2 rings (SSSR count). The van der Waals surface area contributed by atoms with Gasteiger partial charge < -0.3 is 9.80 Å². The summed E-state index contributed by atoms with van der Waals surface area (Å²) in [7, 11) is 0. The molecule has 0 spiro atoms. The van der Waals surface area contributed by atoms with E-state index in [1.165, 1.54) is 5.56 Å². The van der Waals surface area contributed by atoms with Crippen LogP contribution in [0.4, 0.5) is 5.82 Å². The molecule has 1 aliphatic rings. The van der Waals surface area contributed by atoms with Gasteiger partial charge in [-0.15, -0.1) is 0 Å². The highest BCUT2D eigenvalue weighted by Crippen LogP contribution is 2.14. The highest BCUT2D eigenvalue weighted by atomic mass is 16.2.